The molecule has 2 aromatic heterocycles. The lowest BCUT2D eigenvalue weighted by atomic mass is 9.94. The summed E-state index contributed by atoms with van der Waals surface area (Å²) in [6.45, 7) is 6.55. The molecule has 2 N–H and O–H groups in total. The Balaban J connectivity index is 0.00000171. The zero-order valence-electron chi connectivity index (χ0n) is 17.9. The van der Waals surface area contributed by atoms with Crippen molar-refractivity contribution < 1.29 is 4.79 Å². The molecule has 2 atom stereocenters. The van der Waals surface area contributed by atoms with Crippen LogP contribution in [0.5, 0.6) is 0 Å². The molecule has 31 heavy (non-hydrogen) atoms. The standard InChI is InChI=1S/C21H27N7O.2ClH/c1-14(18(22)16-7-5-4-6-8-16)21(29)28-11-9-27(10-12-28)20-17-13-23-26(3)19(17)24-15(2)25-20;;/h4-8,13-14,18H,9-12,22H2,1-3H3;2*1H. The maximum absolute atomic E-state index is 13.0. The van der Waals surface area contributed by atoms with Crippen molar-refractivity contribution in [3.8, 4) is 0 Å². The first-order chi connectivity index (χ1) is 14.0. The average Bonchev–Trinajstić information content (AvgIpc) is 3.13. The second-order valence-electron chi connectivity index (χ2n) is 7.64. The molecular weight excluding hydrogens is 437 g/mol. The molecule has 2 unspecified atom stereocenters. The molecular formula is C21H29Cl2N7O. The third-order valence-corrected chi connectivity index (χ3v) is 5.69. The van der Waals surface area contributed by atoms with E-state index < -0.39 is 0 Å². The van der Waals surface area contributed by atoms with Crippen LogP contribution in [0.3, 0.4) is 0 Å². The molecule has 8 nitrogen and oxygen atoms in total. The lowest BCUT2D eigenvalue weighted by Crippen LogP contribution is -2.51. The lowest BCUT2D eigenvalue weighted by molar-refractivity contribution is -0.136. The first-order valence-corrected chi connectivity index (χ1v) is 9.96. The minimum Gasteiger partial charge on any atom is -0.352 e. The number of nitrogens with zero attached hydrogens (tertiary/aromatic N) is 6. The molecule has 0 aliphatic carbocycles. The highest BCUT2D eigenvalue weighted by Gasteiger charge is 2.30. The second-order valence-corrected chi connectivity index (χ2v) is 7.64. The van der Waals surface area contributed by atoms with Gasteiger partial charge in [0.15, 0.2) is 5.65 Å². The van der Waals surface area contributed by atoms with Crippen LogP contribution in [0.1, 0.15) is 24.4 Å². The Kier molecular flexibility index (Phi) is 8.22. The highest BCUT2D eigenvalue weighted by molar-refractivity contribution is 5.87. The van der Waals surface area contributed by atoms with E-state index in [1.54, 1.807) is 4.68 Å². The predicted molar refractivity (Wildman–Crippen MR) is 127 cm³/mol. The van der Waals surface area contributed by atoms with Gasteiger partial charge in [0.05, 0.1) is 17.5 Å². The van der Waals surface area contributed by atoms with Crippen LogP contribution in [0, 0.1) is 12.8 Å². The van der Waals surface area contributed by atoms with Crippen molar-refractivity contribution in [3.05, 3.63) is 47.9 Å². The van der Waals surface area contributed by atoms with Crippen molar-refractivity contribution in [1.82, 2.24) is 24.6 Å². The van der Waals surface area contributed by atoms with Gasteiger partial charge in [-0.3, -0.25) is 9.48 Å². The van der Waals surface area contributed by atoms with E-state index in [1.807, 2.05) is 62.3 Å². The Morgan fingerprint density at radius 1 is 1.06 bits per heavy atom. The largest absolute Gasteiger partial charge is 0.352 e. The Labute approximate surface area is 194 Å². The highest BCUT2D eigenvalue weighted by Crippen LogP contribution is 2.26. The number of halogens is 2. The molecule has 4 rings (SSSR count). The summed E-state index contributed by atoms with van der Waals surface area (Å²) >= 11 is 0. The Morgan fingerprint density at radius 2 is 1.71 bits per heavy atom. The van der Waals surface area contributed by atoms with E-state index in [-0.39, 0.29) is 42.7 Å². The fraction of sp³-hybridized carbons (Fsp3) is 0.429. The molecule has 1 saturated heterocycles. The summed E-state index contributed by atoms with van der Waals surface area (Å²) in [6.07, 6.45) is 1.81. The Morgan fingerprint density at radius 3 is 2.35 bits per heavy atom. The van der Waals surface area contributed by atoms with Gasteiger partial charge in [0.25, 0.3) is 0 Å². The predicted octanol–water partition coefficient (Wildman–Crippen LogP) is 2.50. The number of benzene rings is 1. The van der Waals surface area contributed by atoms with Gasteiger partial charge in [-0.05, 0) is 12.5 Å². The van der Waals surface area contributed by atoms with E-state index >= 15 is 0 Å². The van der Waals surface area contributed by atoms with Crippen LogP contribution in [-0.2, 0) is 11.8 Å². The van der Waals surface area contributed by atoms with Crippen LogP contribution < -0.4 is 10.6 Å². The van der Waals surface area contributed by atoms with Gasteiger partial charge < -0.3 is 15.5 Å². The average molecular weight is 466 g/mol. The number of carbonyl (C=O) groups is 1. The normalized spacial score (nSPS) is 15.7. The molecule has 0 radical (unpaired) electrons. The minimum atomic E-state index is -0.304. The summed E-state index contributed by atoms with van der Waals surface area (Å²) in [5.41, 5.74) is 8.18. The van der Waals surface area contributed by atoms with E-state index in [9.17, 15) is 4.79 Å². The molecule has 3 aromatic rings. The van der Waals surface area contributed by atoms with Crippen molar-refractivity contribution in [1.29, 1.82) is 0 Å². The van der Waals surface area contributed by atoms with Crippen LogP contribution in [0.4, 0.5) is 5.82 Å². The molecule has 1 amide bonds. The quantitative estimate of drug-likeness (QED) is 0.635. The minimum absolute atomic E-state index is 0. The number of aromatic nitrogens is 4. The van der Waals surface area contributed by atoms with Crippen LogP contribution in [0.15, 0.2) is 36.5 Å². The van der Waals surface area contributed by atoms with Gasteiger partial charge in [-0.1, -0.05) is 37.3 Å². The van der Waals surface area contributed by atoms with Gasteiger partial charge in [0, 0.05) is 39.3 Å². The van der Waals surface area contributed by atoms with E-state index in [4.69, 9.17) is 5.73 Å². The van der Waals surface area contributed by atoms with Gasteiger partial charge in [-0.2, -0.15) is 5.10 Å². The first-order valence-electron chi connectivity index (χ1n) is 9.96. The van der Waals surface area contributed by atoms with Crippen LogP contribution in [-0.4, -0.2) is 56.7 Å². The second kappa shape index (κ2) is 10.3. The number of piperazine rings is 1. The van der Waals surface area contributed by atoms with Crippen molar-refractivity contribution in [2.24, 2.45) is 18.7 Å². The zero-order chi connectivity index (χ0) is 20.5. The number of carbonyl (C=O) groups excluding carboxylic acids is 1. The lowest BCUT2D eigenvalue weighted by Gasteiger charge is -2.37. The van der Waals surface area contributed by atoms with Crippen LogP contribution >= 0.6 is 24.8 Å². The number of nitrogens with two attached hydrogens (primary N) is 1. The number of hydrogen-bond acceptors (Lipinski definition) is 6. The summed E-state index contributed by atoms with van der Waals surface area (Å²) in [5, 5.41) is 5.26. The van der Waals surface area contributed by atoms with Gasteiger partial charge in [-0.15, -0.1) is 24.8 Å². The molecule has 0 saturated carbocycles. The van der Waals surface area contributed by atoms with E-state index in [1.165, 1.54) is 0 Å². The van der Waals surface area contributed by atoms with Gasteiger partial charge in [0.1, 0.15) is 11.6 Å². The zero-order valence-corrected chi connectivity index (χ0v) is 19.6. The monoisotopic (exact) mass is 465 g/mol. The molecule has 3 heterocycles. The van der Waals surface area contributed by atoms with E-state index in [0.29, 0.717) is 13.1 Å². The van der Waals surface area contributed by atoms with Gasteiger partial charge in [-0.25, -0.2) is 9.97 Å². The third kappa shape index (κ3) is 4.92. The van der Waals surface area contributed by atoms with Gasteiger partial charge in [0.2, 0.25) is 5.91 Å². The Bertz CT molecular complexity index is 1020. The topological polar surface area (TPSA) is 93.2 Å². The fourth-order valence-electron chi connectivity index (χ4n) is 3.90. The molecule has 1 fully saturated rings. The molecule has 0 spiro atoms. The van der Waals surface area contributed by atoms with Crippen LogP contribution in [0.2, 0.25) is 0 Å². The summed E-state index contributed by atoms with van der Waals surface area (Å²) in [6, 6.07) is 9.51. The molecule has 1 aliphatic rings. The fourth-order valence-corrected chi connectivity index (χ4v) is 3.90. The first kappa shape index (κ1) is 24.8. The van der Waals surface area contributed by atoms with Crippen molar-refractivity contribution in [3.63, 3.8) is 0 Å². The number of fused-ring (bicyclic) bond motifs is 1. The summed E-state index contributed by atoms with van der Waals surface area (Å²) in [7, 11) is 1.88. The molecule has 1 aliphatic heterocycles. The van der Waals surface area contributed by atoms with Crippen molar-refractivity contribution in [2.75, 3.05) is 31.1 Å². The van der Waals surface area contributed by atoms with E-state index in [2.05, 4.69) is 20.0 Å². The number of amides is 1. The van der Waals surface area contributed by atoms with Crippen molar-refractivity contribution in [2.45, 2.75) is 19.9 Å². The van der Waals surface area contributed by atoms with Crippen molar-refractivity contribution >= 4 is 47.6 Å². The molecule has 10 heteroatoms. The smallest absolute Gasteiger partial charge is 0.227 e. The maximum atomic E-state index is 13.0. The summed E-state index contributed by atoms with van der Waals surface area (Å²) < 4.78 is 1.76. The molecule has 0 bridgehead atoms. The molecule has 1 aromatic carbocycles. The van der Waals surface area contributed by atoms with Gasteiger partial charge >= 0.3 is 0 Å². The van der Waals surface area contributed by atoms with Crippen LogP contribution in [0.25, 0.3) is 11.0 Å². The SMILES string of the molecule is Cc1nc(N2CCN(C(=O)C(C)C(N)c3ccccc3)CC2)c2cnn(C)c2n1.Cl.Cl. The van der Waals surface area contributed by atoms with E-state index in [0.717, 1.165) is 41.3 Å². The summed E-state index contributed by atoms with van der Waals surface area (Å²) in [4.78, 5) is 26.3. The number of anilines is 1. The Hall–Kier alpha value is -2.42. The highest BCUT2D eigenvalue weighted by atomic mass is 35.5. The summed E-state index contributed by atoms with van der Waals surface area (Å²) in [5.74, 6) is 1.44. The third-order valence-electron chi connectivity index (χ3n) is 5.69. The number of rotatable bonds is 4. The molecule has 168 valence electrons. The number of hydrogen-bond donors (Lipinski definition) is 1. The maximum Gasteiger partial charge on any atom is 0.227 e. The number of aryl methyl sites for hydroxylation is 2.